The van der Waals surface area contributed by atoms with E-state index in [0.717, 1.165) is 11.1 Å². The standard InChI is InChI=1S/C23H19F2NO4/c1-13-8-9-14(2)19(10-13)26-22(28)21(15-6-4-3-5-7-15)30-23(29)20-17(24)11-16(27)12-18(20)25/h3-12,21,27H,1-2H3,(H,26,28). The Kier molecular flexibility index (Phi) is 6.11. The summed E-state index contributed by atoms with van der Waals surface area (Å²) < 4.78 is 33.3. The van der Waals surface area contributed by atoms with Crippen molar-refractivity contribution in [3.05, 3.63) is 94.6 Å². The van der Waals surface area contributed by atoms with Crippen molar-refractivity contribution in [1.82, 2.24) is 0 Å². The number of hydrogen-bond donors (Lipinski definition) is 2. The highest BCUT2D eigenvalue weighted by atomic mass is 19.1. The van der Waals surface area contributed by atoms with Crippen LogP contribution in [0.25, 0.3) is 0 Å². The third kappa shape index (κ3) is 4.63. The van der Waals surface area contributed by atoms with Crippen LogP contribution in [0.5, 0.6) is 5.75 Å². The fourth-order valence-corrected chi connectivity index (χ4v) is 2.89. The number of aromatic hydroxyl groups is 1. The van der Waals surface area contributed by atoms with Crippen LogP contribution in [0.15, 0.2) is 60.7 Å². The molecule has 0 saturated heterocycles. The molecule has 3 rings (SSSR count). The summed E-state index contributed by atoms with van der Waals surface area (Å²) in [7, 11) is 0. The number of phenols is 1. The Balaban J connectivity index is 1.93. The second-order valence-electron chi connectivity index (χ2n) is 6.79. The van der Waals surface area contributed by atoms with Crippen molar-refractivity contribution >= 4 is 17.6 Å². The van der Waals surface area contributed by atoms with Gasteiger partial charge in [-0.15, -0.1) is 0 Å². The van der Waals surface area contributed by atoms with E-state index in [4.69, 9.17) is 4.74 Å². The topological polar surface area (TPSA) is 75.6 Å². The lowest BCUT2D eigenvalue weighted by Crippen LogP contribution is -2.27. The number of aryl methyl sites for hydroxylation is 2. The summed E-state index contributed by atoms with van der Waals surface area (Å²) in [4.78, 5) is 25.4. The van der Waals surface area contributed by atoms with Crippen molar-refractivity contribution < 1.29 is 28.2 Å². The molecule has 154 valence electrons. The molecule has 0 aromatic heterocycles. The molecule has 30 heavy (non-hydrogen) atoms. The number of anilines is 1. The van der Waals surface area contributed by atoms with Crippen molar-refractivity contribution in [1.29, 1.82) is 0 Å². The average Bonchev–Trinajstić information content (AvgIpc) is 2.68. The van der Waals surface area contributed by atoms with E-state index in [1.165, 1.54) is 0 Å². The number of amides is 1. The van der Waals surface area contributed by atoms with Crippen LogP contribution >= 0.6 is 0 Å². The number of ether oxygens (including phenoxy) is 1. The second kappa shape index (κ2) is 8.73. The maximum Gasteiger partial charge on any atom is 0.345 e. The molecular weight excluding hydrogens is 392 g/mol. The molecule has 0 bridgehead atoms. The van der Waals surface area contributed by atoms with Crippen LogP contribution in [0.3, 0.4) is 0 Å². The molecule has 3 aromatic carbocycles. The van der Waals surface area contributed by atoms with Gasteiger partial charge in [0, 0.05) is 23.4 Å². The Hall–Kier alpha value is -3.74. The van der Waals surface area contributed by atoms with E-state index in [9.17, 15) is 23.5 Å². The van der Waals surface area contributed by atoms with Crippen LogP contribution in [0, 0.1) is 25.5 Å². The molecule has 0 aliphatic rings. The number of phenolic OH excluding ortho intramolecular Hbond substituents is 1. The zero-order chi connectivity index (χ0) is 21.8. The van der Waals surface area contributed by atoms with E-state index in [0.29, 0.717) is 23.4 Å². The minimum absolute atomic E-state index is 0.327. The summed E-state index contributed by atoms with van der Waals surface area (Å²) in [6.07, 6.45) is -1.45. The lowest BCUT2D eigenvalue weighted by atomic mass is 10.1. The Morgan fingerprint density at radius 2 is 1.60 bits per heavy atom. The largest absolute Gasteiger partial charge is 0.508 e. The number of rotatable bonds is 5. The number of hydrogen-bond acceptors (Lipinski definition) is 4. The number of carbonyl (C=O) groups is 2. The predicted octanol–water partition coefficient (Wildman–Crippen LogP) is 4.82. The number of carbonyl (C=O) groups excluding carboxylic acids is 2. The van der Waals surface area contributed by atoms with Gasteiger partial charge < -0.3 is 15.2 Å². The molecule has 0 saturated carbocycles. The Bertz CT molecular complexity index is 1080. The molecule has 7 heteroatoms. The van der Waals surface area contributed by atoms with E-state index in [1.807, 2.05) is 19.1 Å². The second-order valence-corrected chi connectivity index (χ2v) is 6.79. The third-order valence-electron chi connectivity index (χ3n) is 4.45. The van der Waals surface area contributed by atoms with Crippen molar-refractivity contribution in [3.8, 4) is 5.75 Å². The molecule has 0 radical (unpaired) electrons. The molecule has 2 N–H and O–H groups in total. The minimum atomic E-state index is -1.45. The summed E-state index contributed by atoms with van der Waals surface area (Å²) in [5.41, 5.74) is 1.57. The van der Waals surface area contributed by atoms with Crippen molar-refractivity contribution in [2.24, 2.45) is 0 Å². The smallest absolute Gasteiger partial charge is 0.345 e. The molecule has 5 nitrogen and oxygen atoms in total. The van der Waals surface area contributed by atoms with Gasteiger partial charge in [0.1, 0.15) is 22.9 Å². The van der Waals surface area contributed by atoms with Crippen LogP contribution in [0.4, 0.5) is 14.5 Å². The van der Waals surface area contributed by atoms with Crippen LogP contribution < -0.4 is 5.32 Å². The van der Waals surface area contributed by atoms with Gasteiger partial charge in [0.2, 0.25) is 6.10 Å². The highest BCUT2D eigenvalue weighted by molar-refractivity contribution is 5.98. The van der Waals surface area contributed by atoms with Gasteiger partial charge >= 0.3 is 5.97 Å². The molecule has 0 aliphatic carbocycles. The molecule has 0 heterocycles. The molecule has 1 amide bonds. The Morgan fingerprint density at radius 1 is 0.967 bits per heavy atom. The predicted molar refractivity (Wildman–Crippen MR) is 107 cm³/mol. The zero-order valence-electron chi connectivity index (χ0n) is 16.3. The minimum Gasteiger partial charge on any atom is -0.508 e. The number of halogens is 2. The van der Waals surface area contributed by atoms with E-state index in [1.54, 1.807) is 43.3 Å². The van der Waals surface area contributed by atoms with Gasteiger partial charge in [0.15, 0.2) is 0 Å². The normalized spacial score (nSPS) is 11.6. The van der Waals surface area contributed by atoms with Crippen molar-refractivity contribution in [3.63, 3.8) is 0 Å². The van der Waals surface area contributed by atoms with Gasteiger partial charge in [0.25, 0.3) is 5.91 Å². The highest BCUT2D eigenvalue weighted by Crippen LogP contribution is 2.26. The van der Waals surface area contributed by atoms with Gasteiger partial charge in [0.05, 0.1) is 0 Å². The SMILES string of the molecule is Cc1ccc(C)c(NC(=O)C(OC(=O)c2c(F)cc(O)cc2F)c2ccccc2)c1. The highest BCUT2D eigenvalue weighted by Gasteiger charge is 2.29. The molecule has 0 aliphatic heterocycles. The van der Waals surface area contributed by atoms with Gasteiger partial charge in [-0.3, -0.25) is 4.79 Å². The molecular formula is C23H19F2NO4. The fourth-order valence-electron chi connectivity index (χ4n) is 2.89. The van der Waals surface area contributed by atoms with Crippen LogP contribution in [-0.2, 0) is 9.53 Å². The molecule has 3 aromatic rings. The van der Waals surface area contributed by atoms with E-state index >= 15 is 0 Å². The van der Waals surface area contributed by atoms with E-state index < -0.39 is 40.9 Å². The maximum absolute atomic E-state index is 14.1. The Labute approximate surface area is 171 Å². The van der Waals surface area contributed by atoms with Crippen LogP contribution in [-0.4, -0.2) is 17.0 Å². The summed E-state index contributed by atoms with van der Waals surface area (Å²) >= 11 is 0. The van der Waals surface area contributed by atoms with Gasteiger partial charge in [-0.1, -0.05) is 42.5 Å². The monoisotopic (exact) mass is 411 g/mol. The maximum atomic E-state index is 14.1. The number of benzene rings is 3. The lowest BCUT2D eigenvalue weighted by Gasteiger charge is -2.19. The first-order valence-electron chi connectivity index (χ1n) is 9.08. The van der Waals surface area contributed by atoms with Gasteiger partial charge in [-0.2, -0.15) is 0 Å². The molecule has 0 fully saturated rings. The van der Waals surface area contributed by atoms with E-state index in [-0.39, 0.29) is 0 Å². The quantitative estimate of drug-likeness (QED) is 0.590. The van der Waals surface area contributed by atoms with Crippen LogP contribution in [0.1, 0.15) is 33.2 Å². The summed E-state index contributed by atoms with van der Waals surface area (Å²) in [6, 6.07) is 14.8. The molecule has 0 spiro atoms. The Morgan fingerprint density at radius 3 is 2.23 bits per heavy atom. The first-order chi connectivity index (χ1) is 14.3. The average molecular weight is 411 g/mol. The summed E-state index contributed by atoms with van der Waals surface area (Å²) in [5.74, 6) is -5.30. The molecule has 1 atom stereocenters. The lowest BCUT2D eigenvalue weighted by molar-refractivity contribution is -0.125. The zero-order valence-corrected chi connectivity index (χ0v) is 16.3. The summed E-state index contributed by atoms with van der Waals surface area (Å²) in [6.45, 7) is 3.67. The molecule has 1 unspecified atom stereocenters. The van der Waals surface area contributed by atoms with Crippen molar-refractivity contribution in [2.75, 3.05) is 5.32 Å². The first-order valence-corrected chi connectivity index (χ1v) is 9.08. The summed E-state index contributed by atoms with van der Waals surface area (Å²) in [5, 5.41) is 12.0. The van der Waals surface area contributed by atoms with Gasteiger partial charge in [-0.05, 0) is 31.0 Å². The number of esters is 1. The van der Waals surface area contributed by atoms with Crippen LogP contribution in [0.2, 0.25) is 0 Å². The number of nitrogens with one attached hydrogen (secondary N) is 1. The van der Waals surface area contributed by atoms with Gasteiger partial charge in [-0.25, -0.2) is 13.6 Å². The van der Waals surface area contributed by atoms with E-state index in [2.05, 4.69) is 5.32 Å². The third-order valence-corrected chi connectivity index (χ3v) is 4.45. The fraction of sp³-hybridized carbons (Fsp3) is 0.130. The van der Waals surface area contributed by atoms with Crippen molar-refractivity contribution in [2.45, 2.75) is 20.0 Å². The first kappa shape index (κ1) is 21.0.